The fourth-order valence-electron chi connectivity index (χ4n) is 1.48. The monoisotopic (exact) mass is 227 g/mol. The number of hydrogen-bond donors (Lipinski definition) is 2. The molecule has 1 heterocycles. The number of ether oxygens (including phenoxy) is 1. The Morgan fingerprint density at radius 1 is 1.69 bits per heavy atom. The highest BCUT2D eigenvalue weighted by Gasteiger charge is 2.16. The van der Waals surface area contributed by atoms with Crippen molar-refractivity contribution in [1.29, 1.82) is 0 Å². The van der Waals surface area contributed by atoms with Crippen LogP contribution in [0.4, 0.5) is 0 Å². The summed E-state index contributed by atoms with van der Waals surface area (Å²) < 4.78 is 6.84. The number of aryl methyl sites for hydroxylation is 2. The molecule has 0 fully saturated rings. The van der Waals surface area contributed by atoms with Gasteiger partial charge < -0.3 is 15.2 Å². The number of nitrogens with zero attached hydrogens (tertiary/aromatic N) is 2. The lowest BCUT2D eigenvalue weighted by Gasteiger charge is -2.09. The van der Waals surface area contributed by atoms with Crippen molar-refractivity contribution in [2.75, 3.05) is 7.11 Å². The molecule has 1 aromatic heterocycles. The molecule has 0 spiro atoms. The van der Waals surface area contributed by atoms with Crippen molar-refractivity contribution in [3.63, 3.8) is 0 Å². The molecule has 0 aromatic carbocycles. The molecule has 1 rings (SSSR count). The largest absolute Gasteiger partial charge is 0.481 e. The summed E-state index contributed by atoms with van der Waals surface area (Å²) in [6, 6.07) is -0.593. The van der Waals surface area contributed by atoms with Crippen LogP contribution in [0.25, 0.3) is 0 Å². The highest BCUT2D eigenvalue weighted by atomic mass is 16.5. The molecule has 0 amide bonds. The van der Waals surface area contributed by atoms with E-state index in [4.69, 9.17) is 9.84 Å². The van der Waals surface area contributed by atoms with E-state index < -0.39 is 12.0 Å². The van der Waals surface area contributed by atoms with Crippen LogP contribution < -0.4 is 10.1 Å². The van der Waals surface area contributed by atoms with E-state index in [2.05, 4.69) is 10.4 Å². The molecule has 16 heavy (non-hydrogen) atoms. The quantitative estimate of drug-likeness (QED) is 0.756. The van der Waals surface area contributed by atoms with Crippen molar-refractivity contribution < 1.29 is 14.6 Å². The summed E-state index contributed by atoms with van der Waals surface area (Å²) in [7, 11) is 3.36. The molecule has 1 unspecified atom stereocenters. The van der Waals surface area contributed by atoms with Gasteiger partial charge in [0.2, 0.25) is 5.88 Å². The Kier molecular flexibility index (Phi) is 3.89. The first-order valence-electron chi connectivity index (χ1n) is 5.00. The fraction of sp³-hybridized carbons (Fsp3) is 0.600. The molecular formula is C10H17N3O3. The van der Waals surface area contributed by atoms with Crippen molar-refractivity contribution in [1.82, 2.24) is 15.1 Å². The van der Waals surface area contributed by atoms with E-state index in [0.29, 0.717) is 12.4 Å². The first-order valence-corrected chi connectivity index (χ1v) is 5.00. The minimum absolute atomic E-state index is 0.427. The van der Waals surface area contributed by atoms with Gasteiger partial charge in [0.05, 0.1) is 18.4 Å². The lowest BCUT2D eigenvalue weighted by Crippen LogP contribution is -2.33. The standard InChI is InChI=1S/C10H17N3O3/c1-6-8(5-11-7(2)10(14)15)9(16-4)13(3)12-6/h7,11H,5H2,1-4H3,(H,14,15). The SMILES string of the molecule is COc1c(CNC(C)C(=O)O)c(C)nn1C. The Morgan fingerprint density at radius 2 is 2.31 bits per heavy atom. The van der Waals surface area contributed by atoms with Crippen molar-refractivity contribution in [2.45, 2.75) is 26.4 Å². The zero-order valence-electron chi connectivity index (χ0n) is 9.94. The fourth-order valence-corrected chi connectivity index (χ4v) is 1.48. The van der Waals surface area contributed by atoms with Crippen LogP contribution in [0, 0.1) is 6.92 Å². The van der Waals surface area contributed by atoms with Gasteiger partial charge in [-0.2, -0.15) is 5.10 Å². The van der Waals surface area contributed by atoms with Crippen LogP contribution in [-0.2, 0) is 18.4 Å². The van der Waals surface area contributed by atoms with Gasteiger partial charge in [-0.15, -0.1) is 0 Å². The van der Waals surface area contributed by atoms with Crippen LogP contribution in [0.3, 0.4) is 0 Å². The number of carboxylic acid groups (broad SMARTS) is 1. The molecule has 0 aliphatic rings. The number of rotatable bonds is 5. The van der Waals surface area contributed by atoms with Crippen molar-refractivity contribution >= 4 is 5.97 Å². The molecule has 0 radical (unpaired) electrons. The molecule has 0 saturated carbocycles. The predicted octanol–water partition coefficient (Wildman–Crippen LogP) is 0.300. The molecule has 0 aliphatic heterocycles. The lowest BCUT2D eigenvalue weighted by atomic mass is 10.2. The molecule has 1 aromatic rings. The average molecular weight is 227 g/mol. The zero-order valence-corrected chi connectivity index (χ0v) is 9.94. The second-order valence-corrected chi connectivity index (χ2v) is 3.64. The van der Waals surface area contributed by atoms with Gasteiger partial charge in [-0.05, 0) is 13.8 Å². The molecule has 0 bridgehead atoms. The highest BCUT2D eigenvalue weighted by molar-refractivity contribution is 5.72. The summed E-state index contributed by atoms with van der Waals surface area (Å²) in [5, 5.41) is 15.8. The van der Waals surface area contributed by atoms with Crippen LogP contribution in [0.1, 0.15) is 18.2 Å². The second kappa shape index (κ2) is 4.98. The summed E-state index contributed by atoms with van der Waals surface area (Å²) in [5.74, 6) is -0.219. The van der Waals surface area contributed by atoms with E-state index >= 15 is 0 Å². The third-order valence-corrected chi connectivity index (χ3v) is 2.44. The summed E-state index contributed by atoms with van der Waals surface area (Å²) >= 11 is 0. The van der Waals surface area contributed by atoms with E-state index in [-0.39, 0.29) is 0 Å². The van der Waals surface area contributed by atoms with Crippen LogP contribution in [0.5, 0.6) is 5.88 Å². The smallest absolute Gasteiger partial charge is 0.320 e. The third kappa shape index (κ3) is 2.52. The van der Waals surface area contributed by atoms with Gasteiger partial charge in [-0.25, -0.2) is 4.68 Å². The Morgan fingerprint density at radius 3 is 2.81 bits per heavy atom. The summed E-state index contributed by atoms with van der Waals surface area (Å²) in [4.78, 5) is 10.7. The Balaban J connectivity index is 2.77. The second-order valence-electron chi connectivity index (χ2n) is 3.64. The van der Waals surface area contributed by atoms with Crippen LogP contribution in [0.2, 0.25) is 0 Å². The van der Waals surface area contributed by atoms with Gasteiger partial charge in [-0.1, -0.05) is 0 Å². The molecule has 0 saturated heterocycles. The van der Waals surface area contributed by atoms with Crippen molar-refractivity contribution in [3.05, 3.63) is 11.3 Å². The van der Waals surface area contributed by atoms with Gasteiger partial charge in [0.1, 0.15) is 6.04 Å². The molecule has 2 N–H and O–H groups in total. The minimum atomic E-state index is -0.875. The van der Waals surface area contributed by atoms with Crippen LogP contribution in [-0.4, -0.2) is 34.0 Å². The number of aromatic nitrogens is 2. The summed E-state index contributed by atoms with van der Waals surface area (Å²) in [6.45, 7) is 3.89. The summed E-state index contributed by atoms with van der Waals surface area (Å²) in [5.41, 5.74) is 1.72. The summed E-state index contributed by atoms with van der Waals surface area (Å²) in [6.07, 6.45) is 0. The molecule has 90 valence electrons. The maximum Gasteiger partial charge on any atom is 0.320 e. The van der Waals surface area contributed by atoms with Crippen molar-refractivity contribution in [3.8, 4) is 5.88 Å². The first-order chi connectivity index (χ1) is 7.47. The Hall–Kier alpha value is -1.56. The number of methoxy groups -OCH3 is 1. The molecule has 1 atom stereocenters. The third-order valence-electron chi connectivity index (χ3n) is 2.44. The van der Waals surface area contributed by atoms with Crippen LogP contribution >= 0.6 is 0 Å². The maximum absolute atomic E-state index is 10.7. The van der Waals surface area contributed by atoms with Crippen LogP contribution in [0.15, 0.2) is 0 Å². The van der Waals surface area contributed by atoms with E-state index in [1.807, 2.05) is 6.92 Å². The molecule has 6 nitrogen and oxygen atoms in total. The van der Waals surface area contributed by atoms with Gasteiger partial charge in [0.15, 0.2) is 0 Å². The number of nitrogens with one attached hydrogen (secondary N) is 1. The van der Waals surface area contributed by atoms with E-state index in [1.165, 1.54) is 0 Å². The Labute approximate surface area is 94.2 Å². The highest BCUT2D eigenvalue weighted by Crippen LogP contribution is 2.20. The maximum atomic E-state index is 10.7. The number of hydrogen-bond acceptors (Lipinski definition) is 4. The van der Waals surface area contributed by atoms with Gasteiger partial charge in [0.25, 0.3) is 0 Å². The van der Waals surface area contributed by atoms with Gasteiger partial charge in [0, 0.05) is 13.6 Å². The molecule has 0 aliphatic carbocycles. The average Bonchev–Trinajstić information content (AvgIpc) is 2.48. The first kappa shape index (κ1) is 12.5. The topological polar surface area (TPSA) is 76.4 Å². The number of aliphatic carboxylic acids is 1. The van der Waals surface area contributed by atoms with Crippen molar-refractivity contribution in [2.24, 2.45) is 7.05 Å². The van der Waals surface area contributed by atoms with Gasteiger partial charge >= 0.3 is 5.97 Å². The zero-order chi connectivity index (χ0) is 12.3. The Bertz CT molecular complexity index is 387. The molecular weight excluding hydrogens is 210 g/mol. The lowest BCUT2D eigenvalue weighted by molar-refractivity contribution is -0.139. The minimum Gasteiger partial charge on any atom is -0.481 e. The van der Waals surface area contributed by atoms with E-state index in [0.717, 1.165) is 11.3 Å². The molecule has 6 heteroatoms. The number of carbonyl (C=O) groups is 1. The number of carboxylic acids is 1. The van der Waals surface area contributed by atoms with E-state index in [1.54, 1.807) is 25.8 Å². The van der Waals surface area contributed by atoms with E-state index in [9.17, 15) is 4.79 Å². The predicted molar refractivity (Wildman–Crippen MR) is 58.4 cm³/mol. The normalized spacial score (nSPS) is 12.5. The van der Waals surface area contributed by atoms with Gasteiger partial charge in [-0.3, -0.25) is 4.79 Å².